The molecule has 0 atom stereocenters. The maximum Gasteiger partial charge on any atom is 4.00 e. The summed E-state index contributed by atoms with van der Waals surface area (Å²) in [6.45, 7) is 0. The van der Waals surface area contributed by atoms with Gasteiger partial charge in [-0.05, 0) is 0 Å². The number of hydrogen-bond acceptors (Lipinski definition) is 0. The Labute approximate surface area is 89.7 Å². The molecule has 0 bridgehead atoms. The van der Waals surface area contributed by atoms with E-state index in [0.29, 0.717) is 0 Å². The van der Waals surface area contributed by atoms with Gasteiger partial charge in [0.25, 0.3) is 0 Å². The molecule has 0 N–H and O–H groups in total. The molecule has 0 unspecified atom stereocenters. The first-order valence-electron chi connectivity index (χ1n) is 0. The van der Waals surface area contributed by atoms with Gasteiger partial charge >= 0.3 is 52.4 Å². The van der Waals surface area contributed by atoms with E-state index in [4.69, 9.17) is 0 Å². The van der Waals surface area contributed by atoms with E-state index >= 15 is 0 Å². The van der Waals surface area contributed by atoms with Crippen molar-refractivity contribution in [1.29, 1.82) is 0 Å². The van der Waals surface area contributed by atoms with Crippen LogP contribution in [-0.2, 0) is 52.4 Å². The molecule has 0 aromatic rings. The Balaban J connectivity index is 0. The van der Waals surface area contributed by atoms with Crippen molar-refractivity contribution >= 4 is 0 Å². The Kier molecular flexibility index (Phi) is 47700. The monoisotopic (exact) mass is 332 g/mol. The molecule has 64 valence electrons. The van der Waals surface area contributed by atoms with Crippen LogP contribution in [0.5, 0.6) is 0 Å². The van der Waals surface area contributed by atoms with E-state index in [-0.39, 0.29) is 90.0 Å². The van der Waals surface area contributed by atoms with Gasteiger partial charge in [-0.1, -0.05) is 0 Å². The van der Waals surface area contributed by atoms with Crippen LogP contribution in [-0.4, -0.2) is 0 Å². The minimum absolute atomic E-state index is 0. The molecular formula is F8Zr2. The Morgan fingerprint density at radius 1 is 0.200 bits per heavy atom. The molecule has 0 aromatic heterocycles. The summed E-state index contributed by atoms with van der Waals surface area (Å²) >= 11 is 0. The maximum absolute atomic E-state index is 0. The van der Waals surface area contributed by atoms with Gasteiger partial charge in [-0.2, -0.15) is 0 Å². The van der Waals surface area contributed by atoms with Crippen molar-refractivity contribution in [1.82, 2.24) is 0 Å². The minimum atomic E-state index is 0. The first-order valence-corrected chi connectivity index (χ1v) is 0. The summed E-state index contributed by atoms with van der Waals surface area (Å²) in [5, 5.41) is 0. The van der Waals surface area contributed by atoms with Crippen molar-refractivity contribution in [3.63, 3.8) is 0 Å². The topological polar surface area (TPSA) is 0 Å². The molecule has 0 fully saturated rings. The zero-order chi connectivity index (χ0) is 0. The summed E-state index contributed by atoms with van der Waals surface area (Å²) in [4.78, 5) is 0. The van der Waals surface area contributed by atoms with E-state index in [9.17, 15) is 0 Å². The smallest absolute Gasteiger partial charge is 1.00 e. The molecule has 0 rings (SSSR count). The fourth-order valence-corrected chi connectivity index (χ4v) is 0. The van der Waals surface area contributed by atoms with Crippen molar-refractivity contribution in [2.45, 2.75) is 0 Å². The van der Waals surface area contributed by atoms with Gasteiger partial charge in [0.15, 0.2) is 0 Å². The molecule has 0 radical (unpaired) electrons. The second kappa shape index (κ2) is 595. The van der Waals surface area contributed by atoms with Crippen molar-refractivity contribution in [3.05, 3.63) is 0 Å². The van der Waals surface area contributed by atoms with Gasteiger partial charge in [-0.15, -0.1) is 0 Å². The molecule has 0 nitrogen and oxygen atoms in total. The zero-order valence-electron chi connectivity index (χ0n) is 4.02. The summed E-state index contributed by atoms with van der Waals surface area (Å²) < 4.78 is 0. The molecular weight excluding hydrogens is 334 g/mol. The van der Waals surface area contributed by atoms with E-state index in [1.807, 2.05) is 0 Å². The number of hydrogen-bond donors (Lipinski definition) is 0. The van der Waals surface area contributed by atoms with Crippen LogP contribution in [0, 0.1) is 0 Å². The molecule has 0 saturated carbocycles. The van der Waals surface area contributed by atoms with Crippen LogP contribution in [0.4, 0.5) is 0 Å². The van der Waals surface area contributed by atoms with Crippen molar-refractivity contribution in [2.75, 3.05) is 0 Å². The van der Waals surface area contributed by atoms with E-state index in [1.54, 1.807) is 0 Å². The molecule has 10 heteroatoms. The summed E-state index contributed by atoms with van der Waals surface area (Å²) in [6, 6.07) is 0. The quantitative estimate of drug-likeness (QED) is 0.386. The third-order valence-corrected chi connectivity index (χ3v) is 0. The molecule has 0 heterocycles. The van der Waals surface area contributed by atoms with Crippen LogP contribution in [0.15, 0.2) is 0 Å². The molecule has 0 aliphatic carbocycles. The van der Waals surface area contributed by atoms with Crippen molar-refractivity contribution in [2.24, 2.45) is 0 Å². The van der Waals surface area contributed by atoms with Gasteiger partial charge in [0, 0.05) is 0 Å². The Morgan fingerprint density at radius 3 is 0.200 bits per heavy atom. The minimum Gasteiger partial charge on any atom is -1.00 e. The molecule has 0 aliphatic heterocycles. The molecule has 0 amide bonds. The Bertz CT molecular complexity index is 7.22. The predicted molar refractivity (Wildman–Crippen MR) is 0 cm³/mol. The van der Waals surface area contributed by atoms with Gasteiger partial charge in [-0.3, -0.25) is 0 Å². The average molecular weight is 334 g/mol. The summed E-state index contributed by atoms with van der Waals surface area (Å²) in [5.41, 5.74) is 0. The molecule has 0 spiro atoms. The Morgan fingerprint density at radius 2 is 0.200 bits per heavy atom. The molecule has 10 heavy (non-hydrogen) atoms. The zero-order valence-corrected chi connectivity index (χ0v) is 8.94. The van der Waals surface area contributed by atoms with Crippen LogP contribution < -0.4 is 37.6 Å². The second-order valence-electron chi connectivity index (χ2n) is 0. The van der Waals surface area contributed by atoms with Gasteiger partial charge in [0.2, 0.25) is 0 Å². The number of rotatable bonds is 0. The summed E-state index contributed by atoms with van der Waals surface area (Å²) in [6.07, 6.45) is 0. The van der Waals surface area contributed by atoms with Gasteiger partial charge < -0.3 is 37.6 Å². The van der Waals surface area contributed by atoms with Crippen molar-refractivity contribution < 1.29 is 90.0 Å². The standard InChI is InChI=1S/8FH.2Zr/h8*1H;;/q;;;;;;;;2*+4/p-8. The fraction of sp³-hybridized carbons (Fsp3) is 0. The fourth-order valence-electron chi connectivity index (χ4n) is 0. The van der Waals surface area contributed by atoms with Crippen LogP contribution >= 0.6 is 0 Å². The third kappa shape index (κ3) is 426. The summed E-state index contributed by atoms with van der Waals surface area (Å²) in [7, 11) is 0. The molecule has 0 saturated heterocycles. The molecule has 0 aromatic carbocycles. The van der Waals surface area contributed by atoms with Crippen LogP contribution in [0.1, 0.15) is 0 Å². The maximum atomic E-state index is 0. The predicted octanol–water partition coefficient (Wildman–Crippen LogP) is -24.0. The first kappa shape index (κ1) is 802. The van der Waals surface area contributed by atoms with Crippen LogP contribution in [0.3, 0.4) is 0 Å². The van der Waals surface area contributed by atoms with Crippen LogP contribution in [0.25, 0.3) is 0 Å². The Hall–Kier alpha value is 1.21. The van der Waals surface area contributed by atoms with E-state index in [1.165, 1.54) is 0 Å². The summed E-state index contributed by atoms with van der Waals surface area (Å²) in [5.74, 6) is 0. The van der Waals surface area contributed by atoms with E-state index in [2.05, 4.69) is 0 Å². The van der Waals surface area contributed by atoms with Gasteiger partial charge in [-0.25, -0.2) is 0 Å². The van der Waals surface area contributed by atoms with E-state index in [0.717, 1.165) is 0 Å². The van der Waals surface area contributed by atoms with Gasteiger partial charge in [0.05, 0.1) is 0 Å². The normalized spacial score (nSPS) is 0. The molecule has 0 aliphatic rings. The second-order valence-corrected chi connectivity index (χ2v) is 0. The van der Waals surface area contributed by atoms with E-state index < -0.39 is 0 Å². The largest absolute Gasteiger partial charge is 4.00 e. The van der Waals surface area contributed by atoms with Crippen molar-refractivity contribution in [3.8, 4) is 0 Å². The SMILES string of the molecule is [F-].[F-].[F-].[F-].[F-].[F-].[F-].[F-].[Zr+4].[Zr+4]. The number of halogens is 8. The first-order chi connectivity index (χ1) is 0. The third-order valence-electron chi connectivity index (χ3n) is 0. The average Bonchev–Trinajstić information content (AvgIpc) is 0. The van der Waals surface area contributed by atoms with Crippen LogP contribution in [0.2, 0.25) is 0 Å². The van der Waals surface area contributed by atoms with Gasteiger partial charge in [0.1, 0.15) is 0 Å².